The van der Waals surface area contributed by atoms with Gasteiger partial charge in [-0.1, -0.05) is 30.3 Å². The summed E-state index contributed by atoms with van der Waals surface area (Å²) in [5.74, 6) is -0.520. The number of carbonyl (C=O) groups excluding carboxylic acids is 2. The number of benzene rings is 1. The average molecular weight is 400 g/mol. The number of ether oxygens (including phenoxy) is 3. The lowest BCUT2D eigenvalue weighted by molar-refractivity contribution is -0.142. The molecule has 0 saturated heterocycles. The lowest BCUT2D eigenvalue weighted by Gasteiger charge is -2.19. The van der Waals surface area contributed by atoms with Crippen molar-refractivity contribution in [3.8, 4) is 5.88 Å². The number of amides is 1. The minimum Gasteiger partial charge on any atom is -0.475 e. The summed E-state index contributed by atoms with van der Waals surface area (Å²) >= 11 is 0. The Morgan fingerprint density at radius 1 is 1.07 bits per heavy atom. The molecule has 1 heterocycles. The molecule has 29 heavy (non-hydrogen) atoms. The summed E-state index contributed by atoms with van der Waals surface area (Å²) in [6.45, 7) is 6.71. The molecular formula is C22H28N2O5. The van der Waals surface area contributed by atoms with Crippen LogP contribution in [0.1, 0.15) is 36.7 Å². The number of pyridine rings is 1. The van der Waals surface area contributed by atoms with Crippen molar-refractivity contribution in [3.63, 3.8) is 0 Å². The van der Waals surface area contributed by atoms with Gasteiger partial charge in [0.1, 0.15) is 12.6 Å². The molecule has 1 unspecified atom stereocenters. The van der Waals surface area contributed by atoms with E-state index in [1.807, 2.05) is 51.1 Å². The van der Waals surface area contributed by atoms with Crippen LogP contribution in [0.5, 0.6) is 5.88 Å². The maximum Gasteiger partial charge on any atom is 0.328 e. The molecule has 0 spiro atoms. The van der Waals surface area contributed by atoms with Crippen LogP contribution < -0.4 is 10.1 Å². The van der Waals surface area contributed by atoms with Crippen LogP contribution in [-0.4, -0.2) is 48.8 Å². The van der Waals surface area contributed by atoms with Gasteiger partial charge in [0.15, 0.2) is 0 Å². The van der Waals surface area contributed by atoms with Crippen molar-refractivity contribution in [2.24, 2.45) is 0 Å². The summed E-state index contributed by atoms with van der Waals surface area (Å²) in [5, 5.41) is 2.71. The molecule has 0 aliphatic heterocycles. The number of carbonyl (C=O) groups is 2. The predicted octanol–water partition coefficient (Wildman–Crippen LogP) is 2.79. The van der Waals surface area contributed by atoms with Crippen LogP contribution in [0, 0.1) is 0 Å². The van der Waals surface area contributed by atoms with E-state index in [1.165, 1.54) is 13.3 Å². The van der Waals surface area contributed by atoms with Gasteiger partial charge in [-0.05, 0) is 32.4 Å². The molecule has 0 aliphatic rings. The second-order valence-electron chi connectivity index (χ2n) is 7.43. The van der Waals surface area contributed by atoms with Gasteiger partial charge in [-0.25, -0.2) is 9.78 Å². The number of esters is 1. The van der Waals surface area contributed by atoms with Gasteiger partial charge in [0.05, 0.1) is 24.9 Å². The van der Waals surface area contributed by atoms with E-state index in [9.17, 15) is 9.59 Å². The van der Waals surface area contributed by atoms with Gasteiger partial charge in [0, 0.05) is 18.7 Å². The highest BCUT2D eigenvalue weighted by Gasteiger charge is 2.22. The highest BCUT2D eigenvalue weighted by Crippen LogP contribution is 2.11. The number of rotatable bonds is 9. The van der Waals surface area contributed by atoms with Crippen LogP contribution in [0.4, 0.5) is 0 Å². The van der Waals surface area contributed by atoms with Gasteiger partial charge < -0.3 is 19.5 Å². The molecule has 0 aliphatic carbocycles. The normalized spacial score (nSPS) is 12.1. The first-order valence-electron chi connectivity index (χ1n) is 9.44. The molecule has 0 saturated carbocycles. The Balaban J connectivity index is 1.93. The molecule has 0 bridgehead atoms. The summed E-state index contributed by atoms with van der Waals surface area (Å²) in [5.41, 5.74) is 1.02. The van der Waals surface area contributed by atoms with Gasteiger partial charge in [-0.3, -0.25) is 4.79 Å². The van der Waals surface area contributed by atoms with Gasteiger partial charge in [-0.2, -0.15) is 0 Å². The van der Waals surface area contributed by atoms with Crippen molar-refractivity contribution in [1.82, 2.24) is 10.3 Å². The zero-order valence-electron chi connectivity index (χ0n) is 17.3. The first kappa shape index (κ1) is 22.4. The second-order valence-corrected chi connectivity index (χ2v) is 7.43. The maximum atomic E-state index is 12.5. The molecule has 1 atom stereocenters. The molecule has 2 aromatic rings. The molecule has 1 N–H and O–H groups in total. The van der Waals surface area contributed by atoms with Crippen molar-refractivity contribution in [2.75, 3.05) is 20.3 Å². The minimum absolute atomic E-state index is 0.228. The molecule has 0 fully saturated rings. The van der Waals surface area contributed by atoms with Crippen molar-refractivity contribution in [3.05, 3.63) is 59.8 Å². The number of aromatic nitrogens is 1. The molecule has 7 nitrogen and oxygen atoms in total. The molecule has 156 valence electrons. The highest BCUT2D eigenvalue weighted by molar-refractivity contribution is 5.96. The molecule has 1 aromatic carbocycles. The van der Waals surface area contributed by atoms with Crippen molar-refractivity contribution < 1.29 is 23.8 Å². The van der Waals surface area contributed by atoms with Crippen LogP contribution in [0.25, 0.3) is 0 Å². The van der Waals surface area contributed by atoms with Gasteiger partial charge in [0.2, 0.25) is 5.88 Å². The predicted molar refractivity (Wildman–Crippen MR) is 109 cm³/mol. The van der Waals surface area contributed by atoms with E-state index in [1.54, 1.807) is 12.1 Å². The molecule has 7 heteroatoms. The summed E-state index contributed by atoms with van der Waals surface area (Å²) in [6.07, 6.45) is 1.74. The fraction of sp³-hybridized carbons (Fsp3) is 0.409. The number of nitrogens with one attached hydrogen (secondary N) is 1. The van der Waals surface area contributed by atoms with Crippen LogP contribution in [0.2, 0.25) is 0 Å². The van der Waals surface area contributed by atoms with Gasteiger partial charge in [0.25, 0.3) is 5.91 Å². The Hall–Kier alpha value is -2.93. The van der Waals surface area contributed by atoms with Crippen LogP contribution in [0.3, 0.4) is 0 Å². The Morgan fingerprint density at radius 3 is 2.38 bits per heavy atom. The minimum atomic E-state index is -0.791. The molecule has 2 rings (SSSR count). The van der Waals surface area contributed by atoms with E-state index in [-0.39, 0.29) is 5.60 Å². The third-order valence-electron chi connectivity index (χ3n) is 3.94. The van der Waals surface area contributed by atoms with Gasteiger partial charge >= 0.3 is 5.97 Å². The molecule has 0 radical (unpaired) electrons. The van der Waals surface area contributed by atoms with E-state index in [2.05, 4.69) is 10.3 Å². The quantitative estimate of drug-likeness (QED) is 0.515. The fourth-order valence-electron chi connectivity index (χ4n) is 2.52. The van der Waals surface area contributed by atoms with E-state index >= 15 is 0 Å². The van der Waals surface area contributed by atoms with Crippen molar-refractivity contribution in [1.29, 1.82) is 0 Å². The number of methoxy groups -OCH3 is 1. The topological polar surface area (TPSA) is 86.8 Å². The van der Waals surface area contributed by atoms with E-state index < -0.39 is 17.9 Å². The maximum absolute atomic E-state index is 12.5. The largest absolute Gasteiger partial charge is 0.475 e. The van der Waals surface area contributed by atoms with E-state index in [0.29, 0.717) is 31.1 Å². The monoisotopic (exact) mass is 400 g/mol. The van der Waals surface area contributed by atoms with Crippen LogP contribution in [0.15, 0.2) is 48.7 Å². The van der Waals surface area contributed by atoms with Crippen molar-refractivity contribution >= 4 is 11.9 Å². The van der Waals surface area contributed by atoms with E-state index in [4.69, 9.17) is 14.2 Å². The number of hydrogen-bond acceptors (Lipinski definition) is 6. The van der Waals surface area contributed by atoms with Crippen molar-refractivity contribution in [2.45, 2.75) is 38.8 Å². The Labute approximate surface area is 171 Å². The smallest absolute Gasteiger partial charge is 0.328 e. The third kappa shape index (κ3) is 7.91. The molecular weight excluding hydrogens is 372 g/mol. The van der Waals surface area contributed by atoms with E-state index in [0.717, 1.165) is 5.56 Å². The summed E-state index contributed by atoms with van der Waals surface area (Å²) < 4.78 is 15.9. The summed E-state index contributed by atoms with van der Waals surface area (Å²) in [4.78, 5) is 28.7. The summed E-state index contributed by atoms with van der Waals surface area (Å²) in [7, 11) is 1.30. The fourth-order valence-corrected chi connectivity index (χ4v) is 2.52. The molecule has 1 aromatic heterocycles. The van der Waals surface area contributed by atoms with Crippen LogP contribution >= 0.6 is 0 Å². The zero-order valence-corrected chi connectivity index (χ0v) is 17.3. The number of hydrogen-bond donors (Lipinski definition) is 1. The standard InChI is InChI=1S/C22H28N2O5/c1-22(2,3)29-13-12-28-19-11-10-17(15-23-19)20(25)24-18(21(26)27-4)14-16-8-6-5-7-9-16/h5-11,15,18H,12-14H2,1-4H3,(H,24,25). The first-order valence-corrected chi connectivity index (χ1v) is 9.44. The van der Waals surface area contributed by atoms with Crippen LogP contribution in [-0.2, 0) is 20.7 Å². The zero-order chi connectivity index (χ0) is 21.3. The number of nitrogens with zero attached hydrogens (tertiary/aromatic N) is 1. The molecule has 1 amide bonds. The SMILES string of the molecule is COC(=O)C(Cc1ccccc1)NC(=O)c1ccc(OCCOC(C)(C)C)nc1. The van der Waals surface area contributed by atoms with Gasteiger partial charge in [-0.15, -0.1) is 0 Å². The third-order valence-corrected chi connectivity index (χ3v) is 3.94. The lowest BCUT2D eigenvalue weighted by Crippen LogP contribution is -2.43. The average Bonchev–Trinajstić information content (AvgIpc) is 2.70. The highest BCUT2D eigenvalue weighted by atomic mass is 16.5. The summed E-state index contributed by atoms with van der Waals surface area (Å²) in [6, 6.07) is 11.8. The lowest BCUT2D eigenvalue weighted by atomic mass is 10.1. The second kappa shape index (κ2) is 10.6. The Morgan fingerprint density at radius 2 is 1.79 bits per heavy atom. The Bertz CT molecular complexity index is 785. The first-order chi connectivity index (χ1) is 13.8. The Kier molecular flexibility index (Phi) is 8.15.